The number of para-hydroxylation sites is 1. The number of nitrogens with two attached hydrogens (primary N) is 1. The Bertz CT molecular complexity index is 616. The molecule has 0 unspecified atom stereocenters. The van der Waals surface area contributed by atoms with E-state index in [0.29, 0.717) is 17.5 Å². The molecule has 1 aromatic carbocycles. The van der Waals surface area contributed by atoms with Crippen molar-refractivity contribution in [1.82, 2.24) is 4.98 Å². The first-order chi connectivity index (χ1) is 9.63. The van der Waals surface area contributed by atoms with Crippen molar-refractivity contribution in [2.24, 2.45) is 5.73 Å². The molecule has 104 valence electrons. The van der Waals surface area contributed by atoms with Gasteiger partial charge in [0.25, 0.3) is 0 Å². The zero-order valence-corrected chi connectivity index (χ0v) is 12.4. The molecule has 0 spiro atoms. The number of ether oxygens (including phenoxy) is 1. The topological polar surface area (TPSA) is 51.4 Å². The number of rotatable bonds is 5. The number of benzene rings is 1. The summed E-state index contributed by atoms with van der Waals surface area (Å²) in [5.41, 5.74) is 7.51. The number of pyridine rings is 1. The molecule has 2 rings (SSSR count). The number of hydrogen-bond donors (Lipinski definition) is 1. The number of hydrogen-bond acceptors (Lipinski definition) is 4. The van der Waals surface area contributed by atoms with Crippen LogP contribution < -0.4 is 15.4 Å². The van der Waals surface area contributed by atoms with Gasteiger partial charge in [-0.05, 0) is 25.1 Å². The van der Waals surface area contributed by atoms with Gasteiger partial charge in [-0.2, -0.15) is 4.98 Å². The predicted octanol–water partition coefficient (Wildman–Crippen LogP) is 2.88. The normalized spacial score (nSPS) is 10.1. The summed E-state index contributed by atoms with van der Waals surface area (Å²) in [4.78, 5) is 6.77. The van der Waals surface area contributed by atoms with E-state index in [0.717, 1.165) is 17.1 Å². The Balaban J connectivity index is 2.38. The summed E-state index contributed by atoms with van der Waals surface area (Å²) in [5.74, 6) is 1.38. The molecule has 0 aliphatic rings. The van der Waals surface area contributed by atoms with Crippen LogP contribution >= 0.6 is 12.2 Å². The molecule has 0 radical (unpaired) electrons. The second-order valence-corrected chi connectivity index (χ2v) is 4.65. The van der Waals surface area contributed by atoms with Crippen molar-refractivity contribution in [3.8, 4) is 5.88 Å². The van der Waals surface area contributed by atoms with Gasteiger partial charge in [0.1, 0.15) is 10.8 Å². The van der Waals surface area contributed by atoms with Crippen molar-refractivity contribution in [3.05, 3.63) is 48.0 Å². The van der Waals surface area contributed by atoms with E-state index < -0.39 is 0 Å². The molecule has 1 heterocycles. The van der Waals surface area contributed by atoms with Crippen LogP contribution in [0.25, 0.3) is 0 Å². The molecular formula is C15H17N3OS. The molecule has 0 fully saturated rings. The van der Waals surface area contributed by atoms with E-state index in [2.05, 4.69) is 4.98 Å². The average molecular weight is 287 g/mol. The van der Waals surface area contributed by atoms with Crippen LogP contribution in [0, 0.1) is 0 Å². The molecule has 4 nitrogen and oxygen atoms in total. The highest BCUT2D eigenvalue weighted by atomic mass is 32.1. The summed E-state index contributed by atoms with van der Waals surface area (Å²) in [6.07, 6.45) is 0. The smallest absolute Gasteiger partial charge is 0.215 e. The Morgan fingerprint density at radius 2 is 2.00 bits per heavy atom. The zero-order chi connectivity index (χ0) is 14.5. The van der Waals surface area contributed by atoms with Gasteiger partial charge < -0.3 is 15.4 Å². The lowest BCUT2D eigenvalue weighted by Crippen LogP contribution is -2.18. The van der Waals surface area contributed by atoms with Crippen LogP contribution in [0.1, 0.15) is 12.5 Å². The molecule has 20 heavy (non-hydrogen) atoms. The van der Waals surface area contributed by atoms with Crippen molar-refractivity contribution in [2.45, 2.75) is 6.92 Å². The lowest BCUT2D eigenvalue weighted by molar-refractivity contribution is 0.327. The fourth-order valence-corrected chi connectivity index (χ4v) is 2.09. The van der Waals surface area contributed by atoms with Crippen molar-refractivity contribution < 1.29 is 4.74 Å². The number of aromatic nitrogens is 1. The monoisotopic (exact) mass is 287 g/mol. The molecule has 0 aliphatic carbocycles. The van der Waals surface area contributed by atoms with Crippen molar-refractivity contribution in [3.63, 3.8) is 0 Å². The SMILES string of the molecule is CCOc1cccc(N(C)c2ccccc2C(N)=S)n1. The predicted molar refractivity (Wildman–Crippen MR) is 85.8 cm³/mol. The third-order valence-corrected chi connectivity index (χ3v) is 3.10. The van der Waals surface area contributed by atoms with Crippen LogP contribution in [0.5, 0.6) is 5.88 Å². The Morgan fingerprint density at radius 1 is 1.25 bits per heavy atom. The summed E-state index contributed by atoms with van der Waals surface area (Å²) >= 11 is 5.09. The molecule has 0 amide bonds. The minimum atomic E-state index is 0.369. The van der Waals surface area contributed by atoms with Crippen LogP contribution in [0.15, 0.2) is 42.5 Å². The summed E-state index contributed by atoms with van der Waals surface area (Å²) in [7, 11) is 1.93. The highest BCUT2D eigenvalue weighted by molar-refractivity contribution is 7.80. The fraction of sp³-hybridized carbons (Fsp3) is 0.200. The van der Waals surface area contributed by atoms with Gasteiger partial charge >= 0.3 is 0 Å². The molecule has 2 N–H and O–H groups in total. The summed E-state index contributed by atoms with van der Waals surface area (Å²) < 4.78 is 5.42. The highest BCUT2D eigenvalue weighted by Gasteiger charge is 2.12. The van der Waals surface area contributed by atoms with Crippen LogP contribution in [-0.2, 0) is 0 Å². The van der Waals surface area contributed by atoms with Gasteiger partial charge in [-0.15, -0.1) is 0 Å². The molecule has 2 aromatic rings. The van der Waals surface area contributed by atoms with E-state index in [1.165, 1.54) is 0 Å². The van der Waals surface area contributed by atoms with Crippen LogP contribution in [0.2, 0.25) is 0 Å². The maximum Gasteiger partial charge on any atom is 0.215 e. The molecule has 0 saturated heterocycles. The lowest BCUT2D eigenvalue weighted by atomic mass is 10.1. The van der Waals surface area contributed by atoms with Crippen molar-refractivity contribution in [1.29, 1.82) is 0 Å². The van der Waals surface area contributed by atoms with E-state index in [-0.39, 0.29) is 0 Å². The van der Waals surface area contributed by atoms with Gasteiger partial charge in [-0.1, -0.05) is 30.4 Å². The van der Waals surface area contributed by atoms with Gasteiger partial charge in [-0.25, -0.2) is 0 Å². The minimum absolute atomic E-state index is 0.369. The standard InChI is InChI=1S/C15H17N3OS/c1-3-19-14-10-6-9-13(17-14)18(2)12-8-5-4-7-11(12)15(16)20/h4-10H,3H2,1-2H3,(H2,16,20). The van der Waals surface area contributed by atoms with Gasteiger partial charge in [0.15, 0.2) is 0 Å². The molecule has 0 saturated carbocycles. The Hall–Kier alpha value is -2.14. The van der Waals surface area contributed by atoms with Crippen molar-refractivity contribution in [2.75, 3.05) is 18.6 Å². The van der Waals surface area contributed by atoms with Crippen LogP contribution in [0.3, 0.4) is 0 Å². The molecule has 0 aliphatic heterocycles. The Kier molecular flexibility index (Phi) is 4.53. The van der Waals surface area contributed by atoms with Gasteiger partial charge in [-0.3, -0.25) is 0 Å². The van der Waals surface area contributed by atoms with E-state index in [1.54, 1.807) is 0 Å². The Labute approximate surface area is 124 Å². The first kappa shape index (κ1) is 14.3. The average Bonchev–Trinajstić information content (AvgIpc) is 2.47. The molecular weight excluding hydrogens is 270 g/mol. The molecule has 0 atom stereocenters. The summed E-state index contributed by atoms with van der Waals surface area (Å²) in [6.45, 7) is 2.52. The third kappa shape index (κ3) is 3.05. The second-order valence-electron chi connectivity index (χ2n) is 4.21. The summed E-state index contributed by atoms with van der Waals surface area (Å²) in [6, 6.07) is 13.4. The number of thiocarbonyl (C=S) groups is 1. The van der Waals surface area contributed by atoms with Gasteiger partial charge in [0.05, 0.1) is 12.3 Å². The summed E-state index contributed by atoms with van der Waals surface area (Å²) in [5, 5.41) is 0. The fourth-order valence-electron chi connectivity index (χ4n) is 1.92. The third-order valence-electron chi connectivity index (χ3n) is 2.88. The first-order valence-electron chi connectivity index (χ1n) is 6.36. The van der Waals surface area contributed by atoms with Crippen LogP contribution in [-0.4, -0.2) is 23.6 Å². The number of nitrogens with zero attached hydrogens (tertiary/aromatic N) is 2. The number of anilines is 2. The molecule has 0 bridgehead atoms. The maximum absolute atomic E-state index is 5.77. The largest absolute Gasteiger partial charge is 0.478 e. The lowest BCUT2D eigenvalue weighted by Gasteiger charge is -2.21. The minimum Gasteiger partial charge on any atom is -0.478 e. The molecule has 1 aromatic heterocycles. The molecule has 5 heteroatoms. The van der Waals surface area contributed by atoms with E-state index >= 15 is 0 Å². The van der Waals surface area contributed by atoms with Gasteiger partial charge in [0.2, 0.25) is 5.88 Å². The zero-order valence-electron chi connectivity index (χ0n) is 11.5. The highest BCUT2D eigenvalue weighted by Crippen LogP contribution is 2.26. The Morgan fingerprint density at radius 3 is 2.70 bits per heavy atom. The maximum atomic E-state index is 5.77. The van der Waals surface area contributed by atoms with E-state index in [1.807, 2.05) is 61.3 Å². The van der Waals surface area contributed by atoms with Gasteiger partial charge in [0, 0.05) is 18.7 Å². The second kappa shape index (κ2) is 6.34. The quantitative estimate of drug-likeness (QED) is 0.857. The van der Waals surface area contributed by atoms with E-state index in [9.17, 15) is 0 Å². The van der Waals surface area contributed by atoms with Crippen molar-refractivity contribution >= 4 is 28.7 Å². The first-order valence-corrected chi connectivity index (χ1v) is 6.76. The van der Waals surface area contributed by atoms with Crippen LogP contribution in [0.4, 0.5) is 11.5 Å². The van der Waals surface area contributed by atoms with E-state index in [4.69, 9.17) is 22.7 Å².